The molecule has 0 aliphatic rings. The number of nitrogens with one attached hydrogen (secondary N) is 1. The zero-order chi connectivity index (χ0) is 13.1. The predicted molar refractivity (Wildman–Crippen MR) is 72.2 cm³/mol. The summed E-state index contributed by atoms with van der Waals surface area (Å²) in [6.45, 7) is 1.93. The molecule has 0 radical (unpaired) electrons. The molecule has 0 bridgehead atoms. The van der Waals surface area contributed by atoms with E-state index in [0.29, 0.717) is 16.3 Å². The Balaban J connectivity index is 2.18. The highest BCUT2D eigenvalue weighted by Gasteiger charge is 2.08. The van der Waals surface area contributed by atoms with Crippen molar-refractivity contribution in [2.75, 3.05) is 5.32 Å². The number of carbonyl (C=O) groups is 1. The molecule has 2 aromatic rings. The fraction of sp³-hybridized carbons (Fsp3) is 0.0714. The maximum atomic E-state index is 11.9. The van der Waals surface area contributed by atoms with Gasteiger partial charge in [0.25, 0.3) is 5.91 Å². The number of halogens is 1. The van der Waals surface area contributed by atoms with Crippen LogP contribution in [-0.2, 0) is 0 Å². The van der Waals surface area contributed by atoms with E-state index in [1.807, 2.05) is 13.0 Å². The molecule has 92 valence electrons. The van der Waals surface area contributed by atoms with Crippen LogP contribution in [0.25, 0.3) is 0 Å². The van der Waals surface area contributed by atoms with Gasteiger partial charge in [0, 0.05) is 5.56 Å². The maximum Gasteiger partial charge on any atom is 0.255 e. The van der Waals surface area contributed by atoms with Gasteiger partial charge in [0.15, 0.2) is 0 Å². The van der Waals surface area contributed by atoms with Gasteiger partial charge in [0.1, 0.15) is 5.75 Å². The number of anilines is 1. The third kappa shape index (κ3) is 2.81. The van der Waals surface area contributed by atoms with E-state index in [1.165, 1.54) is 12.1 Å². The number of carbonyl (C=O) groups excluding carboxylic acids is 1. The molecule has 0 saturated carbocycles. The number of phenols is 1. The Bertz CT molecular complexity index is 579. The monoisotopic (exact) mass is 261 g/mol. The standard InChI is InChI=1S/C14H12ClNO2/c1-9-2-7-13(12(15)8-9)16-14(18)10-3-5-11(17)6-4-10/h2-8,17H,1H3,(H,16,18). The van der Waals surface area contributed by atoms with E-state index in [2.05, 4.69) is 5.32 Å². The van der Waals surface area contributed by atoms with Crippen molar-refractivity contribution in [1.29, 1.82) is 0 Å². The summed E-state index contributed by atoms with van der Waals surface area (Å²) in [5.74, 6) is -0.138. The lowest BCUT2D eigenvalue weighted by molar-refractivity contribution is 0.102. The van der Waals surface area contributed by atoms with Crippen molar-refractivity contribution in [2.45, 2.75) is 6.92 Å². The molecule has 1 amide bonds. The zero-order valence-electron chi connectivity index (χ0n) is 9.77. The lowest BCUT2D eigenvalue weighted by Gasteiger charge is -2.08. The molecule has 0 atom stereocenters. The second kappa shape index (κ2) is 5.10. The van der Waals surface area contributed by atoms with E-state index in [4.69, 9.17) is 16.7 Å². The van der Waals surface area contributed by atoms with Gasteiger partial charge in [0.2, 0.25) is 0 Å². The SMILES string of the molecule is Cc1ccc(NC(=O)c2ccc(O)cc2)c(Cl)c1. The summed E-state index contributed by atoms with van der Waals surface area (Å²) in [5.41, 5.74) is 2.06. The van der Waals surface area contributed by atoms with E-state index >= 15 is 0 Å². The van der Waals surface area contributed by atoms with Crippen molar-refractivity contribution in [3.63, 3.8) is 0 Å². The lowest BCUT2D eigenvalue weighted by atomic mass is 10.2. The number of amides is 1. The molecular formula is C14H12ClNO2. The summed E-state index contributed by atoms with van der Waals surface area (Å²) in [7, 11) is 0. The van der Waals surface area contributed by atoms with Crippen molar-refractivity contribution >= 4 is 23.2 Å². The van der Waals surface area contributed by atoms with Crippen LogP contribution in [0.15, 0.2) is 42.5 Å². The first-order chi connectivity index (χ1) is 8.56. The molecular weight excluding hydrogens is 250 g/mol. The fourth-order valence-electron chi connectivity index (χ4n) is 1.53. The lowest BCUT2D eigenvalue weighted by Crippen LogP contribution is -2.11. The Morgan fingerprint density at radius 2 is 1.83 bits per heavy atom. The topological polar surface area (TPSA) is 49.3 Å². The molecule has 18 heavy (non-hydrogen) atoms. The Morgan fingerprint density at radius 1 is 1.17 bits per heavy atom. The molecule has 2 rings (SSSR count). The quantitative estimate of drug-likeness (QED) is 0.868. The molecule has 0 unspecified atom stereocenters. The Morgan fingerprint density at radius 3 is 2.44 bits per heavy atom. The van der Waals surface area contributed by atoms with Crippen molar-refractivity contribution < 1.29 is 9.90 Å². The molecule has 3 nitrogen and oxygen atoms in total. The summed E-state index contributed by atoms with van der Waals surface area (Å²) in [6, 6.07) is 11.4. The highest BCUT2D eigenvalue weighted by atomic mass is 35.5. The summed E-state index contributed by atoms with van der Waals surface area (Å²) < 4.78 is 0. The number of aromatic hydroxyl groups is 1. The molecule has 2 N–H and O–H groups in total. The Kier molecular flexibility index (Phi) is 3.53. The third-order valence-electron chi connectivity index (χ3n) is 2.50. The Labute approximate surface area is 110 Å². The highest BCUT2D eigenvalue weighted by molar-refractivity contribution is 6.34. The third-order valence-corrected chi connectivity index (χ3v) is 2.81. The average Bonchev–Trinajstić information content (AvgIpc) is 2.33. The van der Waals surface area contributed by atoms with Crippen LogP contribution in [0.5, 0.6) is 5.75 Å². The summed E-state index contributed by atoms with van der Waals surface area (Å²) in [6.07, 6.45) is 0. The van der Waals surface area contributed by atoms with E-state index in [-0.39, 0.29) is 11.7 Å². The largest absolute Gasteiger partial charge is 0.508 e. The maximum absolute atomic E-state index is 11.9. The number of phenolic OH excluding ortho intramolecular Hbond substituents is 1. The van der Waals surface area contributed by atoms with Crippen molar-refractivity contribution in [1.82, 2.24) is 0 Å². The first-order valence-corrected chi connectivity index (χ1v) is 5.80. The average molecular weight is 262 g/mol. The molecule has 4 heteroatoms. The van der Waals surface area contributed by atoms with Gasteiger partial charge in [-0.15, -0.1) is 0 Å². The minimum absolute atomic E-state index is 0.125. The van der Waals surface area contributed by atoms with Gasteiger partial charge in [0.05, 0.1) is 10.7 Å². The molecule has 0 saturated heterocycles. The molecule has 0 aliphatic heterocycles. The second-order valence-corrected chi connectivity index (χ2v) is 4.39. The van der Waals surface area contributed by atoms with Gasteiger partial charge in [-0.1, -0.05) is 17.7 Å². The van der Waals surface area contributed by atoms with Gasteiger partial charge in [-0.2, -0.15) is 0 Å². The van der Waals surface area contributed by atoms with Gasteiger partial charge in [-0.25, -0.2) is 0 Å². The van der Waals surface area contributed by atoms with Gasteiger partial charge >= 0.3 is 0 Å². The number of rotatable bonds is 2. The molecule has 0 aliphatic carbocycles. The van der Waals surface area contributed by atoms with Crippen molar-refractivity contribution in [3.05, 3.63) is 58.6 Å². The fourth-order valence-corrected chi connectivity index (χ4v) is 1.81. The molecule has 0 aromatic heterocycles. The van der Waals surface area contributed by atoms with E-state index in [1.54, 1.807) is 24.3 Å². The molecule has 2 aromatic carbocycles. The molecule has 0 fully saturated rings. The summed E-state index contributed by atoms with van der Waals surface area (Å²) in [4.78, 5) is 11.9. The van der Waals surface area contributed by atoms with Gasteiger partial charge in [-0.05, 0) is 48.9 Å². The van der Waals surface area contributed by atoms with Crippen LogP contribution < -0.4 is 5.32 Å². The molecule has 0 spiro atoms. The Hall–Kier alpha value is -2.00. The first-order valence-electron chi connectivity index (χ1n) is 5.43. The number of aryl methyl sites for hydroxylation is 1. The number of hydrogen-bond acceptors (Lipinski definition) is 2. The van der Waals surface area contributed by atoms with Crippen LogP contribution in [0.1, 0.15) is 15.9 Å². The zero-order valence-corrected chi connectivity index (χ0v) is 10.5. The smallest absolute Gasteiger partial charge is 0.255 e. The van der Waals surface area contributed by atoms with E-state index in [9.17, 15) is 4.79 Å². The van der Waals surface area contributed by atoms with Crippen LogP contribution in [0.3, 0.4) is 0 Å². The predicted octanol–water partition coefficient (Wildman–Crippen LogP) is 3.61. The van der Waals surface area contributed by atoms with Crippen molar-refractivity contribution in [3.8, 4) is 5.75 Å². The van der Waals surface area contributed by atoms with Crippen LogP contribution in [0.4, 0.5) is 5.69 Å². The van der Waals surface area contributed by atoms with Gasteiger partial charge in [-0.3, -0.25) is 4.79 Å². The highest BCUT2D eigenvalue weighted by Crippen LogP contribution is 2.23. The summed E-state index contributed by atoms with van der Waals surface area (Å²) in [5, 5.41) is 12.4. The number of hydrogen-bond donors (Lipinski definition) is 2. The van der Waals surface area contributed by atoms with E-state index < -0.39 is 0 Å². The van der Waals surface area contributed by atoms with Crippen LogP contribution in [0, 0.1) is 6.92 Å². The van der Waals surface area contributed by atoms with Crippen LogP contribution >= 0.6 is 11.6 Å². The van der Waals surface area contributed by atoms with Crippen LogP contribution in [-0.4, -0.2) is 11.0 Å². The van der Waals surface area contributed by atoms with Crippen molar-refractivity contribution in [2.24, 2.45) is 0 Å². The molecule has 0 heterocycles. The second-order valence-electron chi connectivity index (χ2n) is 3.98. The van der Waals surface area contributed by atoms with E-state index in [0.717, 1.165) is 5.56 Å². The first kappa shape index (κ1) is 12.5. The van der Waals surface area contributed by atoms with Gasteiger partial charge < -0.3 is 10.4 Å². The van der Waals surface area contributed by atoms with Crippen LogP contribution in [0.2, 0.25) is 5.02 Å². The minimum atomic E-state index is -0.263. The minimum Gasteiger partial charge on any atom is -0.508 e. The summed E-state index contributed by atoms with van der Waals surface area (Å²) >= 11 is 6.03. The number of benzene rings is 2. The normalized spacial score (nSPS) is 10.1.